The van der Waals surface area contributed by atoms with Gasteiger partial charge in [0.2, 0.25) is 0 Å². The van der Waals surface area contributed by atoms with Crippen LogP contribution in [0.5, 0.6) is 0 Å². The third-order valence-electron chi connectivity index (χ3n) is 14.1. The minimum absolute atomic E-state index is 0.783. The van der Waals surface area contributed by atoms with Gasteiger partial charge < -0.3 is 9.80 Å². The number of anilines is 12. The fraction of sp³-hybridized carbons (Fsp3) is 0. The number of benzene rings is 9. The molecular formula is C70H50N8. The summed E-state index contributed by atoms with van der Waals surface area (Å²) in [6.45, 7) is 0. The number of hydrogen-bond donors (Lipinski definition) is 0. The van der Waals surface area contributed by atoms with E-state index < -0.39 is 0 Å². The lowest BCUT2D eigenvalue weighted by Gasteiger charge is -2.28. The molecule has 0 spiro atoms. The highest BCUT2D eigenvalue weighted by Gasteiger charge is 2.24. The molecule has 370 valence electrons. The van der Waals surface area contributed by atoms with E-state index in [9.17, 15) is 0 Å². The van der Waals surface area contributed by atoms with E-state index in [1.165, 1.54) is 0 Å². The summed E-state index contributed by atoms with van der Waals surface area (Å²) in [5, 5.41) is 4.34. The first kappa shape index (κ1) is 47.0. The van der Waals surface area contributed by atoms with Crippen LogP contribution >= 0.6 is 0 Å². The van der Waals surface area contributed by atoms with Crippen molar-refractivity contribution in [1.82, 2.24) is 19.9 Å². The molecule has 0 aliphatic heterocycles. The normalized spacial score (nSPS) is 11.1. The van der Waals surface area contributed by atoms with Gasteiger partial charge in [-0.25, -0.2) is 9.97 Å². The second kappa shape index (κ2) is 21.3. The third-order valence-corrected chi connectivity index (χ3v) is 14.1. The maximum absolute atomic E-state index is 4.90. The molecule has 0 bridgehead atoms. The Kier molecular flexibility index (Phi) is 12.8. The highest BCUT2D eigenvalue weighted by atomic mass is 15.2. The highest BCUT2D eigenvalue weighted by molar-refractivity contribution is 6.23. The molecule has 0 radical (unpaired) electrons. The second-order valence-corrected chi connectivity index (χ2v) is 18.8. The van der Waals surface area contributed by atoms with E-state index in [-0.39, 0.29) is 0 Å². The minimum Gasteiger partial charge on any atom is -0.311 e. The van der Waals surface area contributed by atoms with Crippen molar-refractivity contribution in [3.8, 4) is 22.3 Å². The zero-order valence-electron chi connectivity index (χ0n) is 42.4. The van der Waals surface area contributed by atoms with Crippen molar-refractivity contribution in [2.24, 2.45) is 0 Å². The molecule has 4 aromatic heterocycles. The fourth-order valence-corrected chi connectivity index (χ4v) is 10.6. The monoisotopic (exact) mass is 1000 g/mol. The molecule has 13 aromatic rings. The minimum atomic E-state index is 0.783. The summed E-state index contributed by atoms with van der Waals surface area (Å²) in [6.07, 6.45) is 11.1. The van der Waals surface area contributed by atoms with Crippen LogP contribution in [-0.2, 0) is 0 Å². The number of aromatic nitrogens is 4. The molecule has 0 unspecified atom stereocenters. The molecule has 0 aliphatic carbocycles. The van der Waals surface area contributed by atoms with Crippen LogP contribution in [0.1, 0.15) is 0 Å². The van der Waals surface area contributed by atoms with Crippen LogP contribution in [0.3, 0.4) is 0 Å². The molecule has 9 aromatic carbocycles. The Morgan fingerprint density at radius 1 is 0.218 bits per heavy atom. The van der Waals surface area contributed by atoms with Crippen LogP contribution in [0, 0.1) is 0 Å². The molecule has 0 aliphatic rings. The number of hydrogen-bond acceptors (Lipinski definition) is 8. The van der Waals surface area contributed by atoms with Crippen LogP contribution in [0.25, 0.3) is 43.8 Å². The van der Waals surface area contributed by atoms with Gasteiger partial charge in [-0.1, -0.05) is 121 Å². The van der Waals surface area contributed by atoms with Crippen molar-refractivity contribution in [3.63, 3.8) is 0 Å². The van der Waals surface area contributed by atoms with Gasteiger partial charge in [-0.05, 0) is 189 Å². The van der Waals surface area contributed by atoms with Crippen molar-refractivity contribution in [3.05, 3.63) is 304 Å². The summed E-state index contributed by atoms with van der Waals surface area (Å²) < 4.78 is 0. The Balaban J connectivity index is 1.08. The largest absolute Gasteiger partial charge is 0.311 e. The van der Waals surface area contributed by atoms with Gasteiger partial charge in [-0.2, -0.15) is 0 Å². The lowest BCUT2D eigenvalue weighted by molar-refractivity contribution is 1.16. The quantitative estimate of drug-likeness (QED) is 0.0999. The first-order valence-corrected chi connectivity index (χ1v) is 26.0. The predicted molar refractivity (Wildman–Crippen MR) is 322 cm³/mol. The van der Waals surface area contributed by atoms with Gasteiger partial charge in [-0.3, -0.25) is 19.8 Å². The van der Waals surface area contributed by atoms with Crippen LogP contribution in [0.15, 0.2) is 304 Å². The average Bonchev–Trinajstić information content (AvgIpc) is 3.71. The molecule has 0 atom stereocenters. The van der Waals surface area contributed by atoms with E-state index in [0.29, 0.717) is 0 Å². The van der Waals surface area contributed by atoms with Crippen LogP contribution in [0.2, 0.25) is 0 Å². The maximum atomic E-state index is 4.90. The van der Waals surface area contributed by atoms with Gasteiger partial charge in [0.15, 0.2) is 0 Å². The molecule has 8 nitrogen and oxygen atoms in total. The average molecular weight is 1000 g/mol. The predicted octanol–water partition coefficient (Wildman–Crippen LogP) is 18.8. The molecule has 78 heavy (non-hydrogen) atoms. The Labute approximate surface area is 453 Å². The van der Waals surface area contributed by atoms with Gasteiger partial charge in [0, 0.05) is 70.3 Å². The molecule has 8 heteroatoms. The SMILES string of the molecule is c1ccc(N(c2ccccc2)c2ccc(-c3c4ccc(N(c5cccnc5)c5ccccn5)cc4c(-c4ccc(N(c5ccccc5)c5ccccc5)cc4)c4ccc(N(c5cccnc5)c5ccccn5)cc34)cc2)cc1. The molecule has 0 N–H and O–H groups in total. The lowest BCUT2D eigenvalue weighted by atomic mass is 9.85. The van der Waals surface area contributed by atoms with Crippen molar-refractivity contribution in [1.29, 1.82) is 0 Å². The van der Waals surface area contributed by atoms with E-state index in [2.05, 4.69) is 248 Å². The molecule has 4 heterocycles. The van der Waals surface area contributed by atoms with Gasteiger partial charge >= 0.3 is 0 Å². The van der Waals surface area contributed by atoms with E-state index in [1.54, 1.807) is 12.4 Å². The summed E-state index contributed by atoms with van der Waals surface area (Å²) in [4.78, 5) is 27.9. The van der Waals surface area contributed by atoms with Crippen molar-refractivity contribution < 1.29 is 0 Å². The van der Waals surface area contributed by atoms with E-state index in [1.807, 2.05) is 73.3 Å². The first-order valence-electron chi connectivity index (χ1n) is 26.0. The van der Waals surface area contributed by atoms with Crippen molar-refractivity contribution in [2.45, 2.75) is 0 Å². The zero-order valence-corrected chi connectivity index (χ0v) is 42.4. The summed E-state index contributed by atoms with van der Waals surface area (Å²) in [5.41, 5.74) is 14.4. The van der Waals surface area contributed by atoms with Gasteiger partial charge in [0.1, 0.15) is 11.6 Å². The van der Waals surface area contributed by atoms with Crippen LogP contribution < -0.4 is 19.6 Å². The standard InChI is InChI=1S/C70H50N8/c1-5-19-53(20-6-1)75(54-21-7-2-8-22-54)57-35-31-51(32-36-57)69-63-41-39-60(78(62-28-18-44-72-50-62)68-30-14-16-46-74-68)48-66(63)70(52-33-37-58(38-34-52)76(55-23-9-3-10-24-55)56-25-11-4-12-26-56)64-42-40-59(47-65(64)69)77(61-27-17-43-71-49-61)67-29-13-15-45-73-67/h1-50H. The number of nitrogens with zero attached hydrogens (tertiary/aromatic N) is 8. The highest BCUT2D eigenvalue weighted by Crippen LogP contribution is 2.49. The molecule has 0 saturated heterocycles. The smallest absolute Gasteiger partial charge is 0.137 e. The molecular weight excluding hydrogens is 953 g/mol. The van der Waals surface area contributed by atoms with Crippen LogP contribution in [-0.4, -0.2) is 19.9 Å². The summed E-state index contributed by atoms with van der Waals surface area (Å²) in [6, 6.07) is 94.0. The fourth-order valence-electron chi connectivity index (χ4n) is 10.6. The Morgan fingerprint density at radius 3 is 0.859 bits per heavy atom. The van der Waals surface area contributed by atoms with E-state index in [0.717, 1.165) is 112 Å². The Bertz CT molecular complexity index is 3670. The molecule has 13 rings (SSSR count). The lowest BCUT2D eigenvalue weighted by Crippen LogP contribution is -2.12. The second-order valence-electron chi connectivity index (χ2n) is 18.8. The third kappa shape index (κ3) is 9.20. The van der Waals surface area contributed by atoms with Crippen molar-refractivity contribution >= 4 is 90.1 Å². The number of fused-ring (bicyclic) bond motifs is 2. The number of rotatable bonds is 14. The Hall–Kier alpha value is -10.7. The summed E-state index contributed by atoms with van der Waals surface area (Å²) in [7, 11) is 0. The first-order chi connectivity index (χ1) is 38.7. The van der Waals surface area contributed by atoms with Gasteiger partial charge in [0.25, 0.3) is 0 Å². The molecule has 0 amide bonds. The Morgan fingerprint density at radius 2 is 0.538 bits per heavy atom. The van der Waals surface area contributed by atoms with E-state index >= 15 is 0 Å². The summed E-state index contributed by atoms with van der Waals surface area (Å²) >= 11 is 0. The van der Waals surface area contributed by atoms with Gasteiger partial charge in [0.05, 0.1) is 23.8 Å². The number of pyridine rings is 4. The maximum Gasteiger partial charge on any atom is 0.137 e. The van der Waals surface area contributed by atoms with E-state index in [4.69, 9.17) is 9.97 Å². The van der Waals surface area contributed by atoms with Crippen molar-refractivity contribution in [2.75, 3.05) is 19.6 Å². The molecule has 0 fully saturated rings. The number of para-hydroxylation sites is 4. The van der Waals surface area contributed by atoms with Crippen LogP contribution in [0.4, 0.5) is 68.5 Å². The molecule has 0 saturated carbocycles. The zero-order chi connectivity index (χ0) is 52.0. The van der Waals surface area contributed by atoms with Gasteiger partial charge in [-0.15, -0.1) is 0 Å². The topological polar surface area (TPSA) is 64.5 Å². The summed E-state index contributed by atoms with van der Waals surface area (Å²) in [5.74, 6) is 1.57.